The predicted molar refractivity (Wildman–Crippen MR) is 91.2 cm³/mol. The molecule has 4 heteroatoms. The standard InChI is InChI=1S/C19H31N3O/c1-2-22-11-10-20-19(22)18-17(7-4-12-23-18)21-16-6-3-5-15(13-16)14-8-9-14/h10-11,14-18,21H,2-9,12-13H2,1H3/t15-,16+,17-,18-/m0/s1. The fourth-order valence-corrected chi connectivity index (χ4v) is 4.73. The summed E-state index contributed by atoms with van der Waals surface area (Å²) in [6.07, 6.45) is 15.1. The molecule has 1 aromatic rings. The van der Waals surface area contributed by atoms with Gasteiger partial charge >= 0.3 is 0 Å². The Hall–Kier alpha value is -0.870. The van der Waals surface area contributed by atoms with E-state index in [1.807, 2.05) is 6.20 Å². The molecular weight excluding hydrogens is 286 g/mol. The minimum absolute atomic E-state index is 0.125. The zero-order chi connectivity index (χ0) is 15.6. The highest BCUT2D eigenvalue weighted by molar-refractivity contribution is 5.03. The molecule has 4 atom stereocenters. The van der Waals surface area contributed by atoms with Gasteiger partial charge in [0.2, 0.25) is 0 Å². The van der Waals surface area contributed by atoms with E-state index in [-0.39, 0.29) is 6.10 Å². The molecule has 1 aliphatic heterocycles. The molecule has 0 amide bonds. The maximum Gasteiger partial charge on any atom is 0.139 e. The smallest absolute Gasteiger partial charge is 0.139 e. The Morgan fingerprint density at radius 3 is 2.91 bits per heavy atom. The molecule has 3 aliphatic rings. The fraction of sp³-hybridized carbons (Fsp3) is 0.842. The molecule has 2 saturated carbocycles. The van der Waals surface area contributed by atoms with Crippen molar-refractivity contribution < 1.29 is 4.74 Å². The van der Waals surface area contributed by atoms with Crippen molar-refractivity contribution in [3.05, 3.63) is 18.2 Å². The molecule has 23 heavy (non-hydrogen) atoms. The third-order valence-corrected chi connectivity index (χ3v) is 6.12. The third kappa shape index (κ3) is 3.48. The second-order valence-corrected chi connectivity index (χ2v) is 7.74. The monoisotopic (exact) mass is 317 g/mol. The van der Waals surface area contributed by atoms with Gasteiger partial charge in [-0.15, -0.1) is 0 Å². The summed E-state index contributed by atoms with van der Waals surface area (Å²) >= 11 is 0. The average molecular weight is 317 g/mol. The Morgan fingerprint density at radius 1 is 1.17 bits per heavy atom. The molecule has 0 radical (unpaired) electrons. The van der Waals surface area contributed by atoms with Gasteiger partial charge in [0.1, 0.15) is 11.9 Å². The van der Waals surface area contributed by atoms with Crippen LogP contribution in [0.4, 0.5) is 0 Å². The molecule has 1 aromatic heterocycles. The van der Waals surface area contributed by atoms with Crippen LogP contribution in [0.25, 0.3) is 0 Å². The zero-order valence-corrected chi connectivity index (χ0v) is 14.4. The zero-order valence-electron chi connectivity index (χ0n) is 14.4. The van der Waals surface area contributed by atoms with Gasteiger partial charge in [0, 0.05) is 37.6 Å². The van der Waals surface area contributed by atoms with Crippen LogP contribution in [0.15, 0.2) is 12.4 Å². The number of hydrogen-bond donors (Lipinski definition) is 1. The number of nitrogens with zero attached hydrogens (tertiary/aromatic N) is 2. The van der Waals surface area contributed by atoms with Gasteiger partial charge in [-0.2, -0.15) is 0 Å². The molecule has 128 valence electrons. The molecule has 4 rings (SSSR count). The van der Waals surface area contributed by atoms with Gasteiger partial charge in [-0.25, -0.2) is 4.98 Å². The van der Waals surface area contributed by atoms with Crippen molar-refractivity contribution in [1.82, 2.24) is 14.9 Å². The molecule has 0 aromatic carbocycles. The maximum atomic E-state index is 6.16. The van der Waals surface area contributed by atoms with Crippen LogP contribution in [0, 0.1) is 11.8 Å². The van der Waals surface area contributed by atoms with E-state index in [1.165, 1.54) is 51.4 Å². The van der Waals surface area contributed by atoms with Gasteiger partial charge < -0.3 is 14.6 Å². The highest BCUT2D eigenvalue weighted by Gasteiger charge is 2.37. The topological polar surface area (TPSA) is 39.1 Å². The summed E-state index contributed by atoms with van der Waals surface area (Å²) in [5.41, 5.74) is 0. The van der Waals surface area contributed by atoms with Gasteiger partial charge in [0.25, 0.3) is 0 Å². The first-order valence-corrected chi connectivity index (χ1v) is 9.74. The van der Waals surface area contributed by atoms with E-state index in [2.05, 4.69) is 28.0 Å². The lowest BCUT2D eigenvalue weighted by Crippen LogP contribution is -2.47. The maximum absolute atomic E-state index is 6.16. The predicted octanol–water partition coefficient (Wildman–Crippen LogP) is 3.68. The van der Waals surface area contributed by atoms with Crippen LogP contribution in [-0.2, 0) is 11.3 Å². The van der Waals surface area contributed by atoms with E-state index in [1.54, 1.807) is 0 Å². The van der Waals surface area contributed by atoms with E-state index in [9.17, 15) is 0 Å². The summed E-state index contributed by atoms with van der Waals surface area (Å²) in [7, 11) is 0. The average Bonchev–Trinajstić information content (AvgIpc) is 3.33. The number of ether oxygens (including phenoxy) is 1. The van der Waals surface area contributed by atoms with Gasteiger partial charge in [-0.05, 0) is 57.3 Å². The van der Waals surface area contributed by atoms with Crippen LogP contribution < -0.4 is 5.32 Å². The van der Waals surface area contributed by atoms with Crippen LogP contribution in [0.3, 0.4) is 0 Å². The summed E-state index contributed by atoms with van der Waals surface area (Å²) in [6.45, 7) is 4.02. The highest BCUT2D eigenvalue weighted by Crippen LogP contribution is 2.44. The lowest BCUT2D eigenvalue weighted by molar-refractivity contribution is -0.0229. The lowest BCUT2D eigenvalue weighted by atomic mass is 9.82. The minimum atomic E-state index is 0.125. The molecular formula is C19H31N3O. The Kier molecular flexibility index (Phi) is 4.72. The summed E-state index contributed by atoms with van der Waals surface area (Å²) < 4.78 is 8.39. The fourth-order valence-electron chi connectivity index (χ4n) is 4.73. The second-order valence-electron chi connectivity index (χ2n) is 7.74. The van der Waals surface area contributed by atoms with Crippen LogP contribution in [-0.4, -0.2) is 28.2 Å². The summed E-state index contributed by atoms with van der Waals surface area (Å²) in [4.78, 5) is 4.61. The van der Waals surface area contributed by atoms with Gasteiger partial charge in [-0.3, -0.25) is 0 Å². The molecule has 3 fully saturated rings. The molecule has 4 nitrogen and oxygen atoms in total. The van der Waals surface area contributed by atoms with Crippen molar-refractivity contribution in [2.75, 3.05) is 6.61 Å². The van der Waals surface area contributed by atoms with Gasteiger partial charge in [0.05, 0.1) is 0 Å². The molecule has 1 N–H and O–H groups in total. The highest BCUT2D eigenvalue weighted by atomic mass is 16.5. The first kappa shape index (κ1) is 15.6. The number of aromatic nitrogens is 2. The Morgan fingerprint density at radius 2 is 2.09 bits per heavy atom. The van der Waals surface area contributed by atoms with Gasteiger partial charge in [0.15, 0.2) is 0 Å². The normalized spacial score (nSPS) is 35.3. The van der Waals surface area contributed by atoms with E-state index in [0.717, 1.165) is 30.8 Å². The molecule has 0 unspecified atom stereocenters. The van der Waals surface area contributed by atoms with Crippen molar-refractivity contribution in [3.63, 3.8) is 0 Å². The third-order valence-electron chi connectivity index (χ3n) is 6.12. The van der Waals surface area contributed by atoms with Crippen LogP contribution >= 0.6 is 0 Å². The van der Waals surface area contributed by atoms with Crippen molar-refractivity contribution >= 4 is 0 Å². The van der Waals surface area contributed by atoms with Crippen LogP contribution in [0.5, 0.6) is 0 Å². The van der Waals surface area contributed by atoms with Crippen molar-refractivity contribution in [2.45, 2.75) is 83.0 Å². The summed E-state index contributed by atoms with van der Waals surface area (Å²) in [5.74, 6) is 3.15. The lowest BCUT2D eigenvalue weighted by Gasteiger charge is -2.38. The Balaban J connectivity index is 1.43. The van der Waals surface area contributed by atoms with Crippen molar-refractivity contribution in [3.8, 4) is 0 Å². The van der Waals surface area contributed by atoms with Crippen LogP contribution in [0.1, 0.15) is 70.2 Å². The van der Waals surface area contributed by atoms with Crippen LogP contribution in [0.2, 0.25) is 0 Å². The number of imidazole rings is 1. The number of hydrogen-bond acceptors (Lipinski definition) is 3. The minimum Gasteiger partial charge on any atom is -0.369 e. The molecule has 0 spiro atoms. The summed E-state index contributed by atoms with van der Waals surface area (Å²) in [5, 5.41) is 3.98. The second kappa shape index (κ2) is 6.94. The number of aryl methyl sites for hydroxylation is 1. The first-order chi connectivity index (χ1) is 11.3. The van der Waals surface area contributed by atoms with E-state index < -0.39 is 0 Å². The van der Waals surface area contributed by atoms with Gasteiger partial charge in [-0.1, -0.05) is 12.8 Å². The molecule has 1 saturated heterocycles. The van der Waals surface area contributed by atoms with Crippen molar-refractivity contribution in [1.29, 1.82) is 0 Å². The number of rotatable bonds is 5. The largest absolute Gasteiger partial charge is 0.369 e. The molecule has 2 aliphatic carbocycles. The SMILES string of the molecule is CCn1ccnc1[C@H]1OCCC[C@@H]1N[C@@H]1CCC[C@H](C2CC2)C1. The molecule has 2 heterocycles. The van der Waals surface area contributed by atoms with Crippen molar-refractivity contribution in [2.24, 2.45) is 11.8 Å². The summed E-state index contributed by atoms with van der Waals surface area (Å²) in [6, 6.07) is 1.12. The Bertz CT molecular complexity index is 510. The number of nitrogens with one attached hydrogen (secondary N) is 1. The molecule has 0 bridgehead atoms. The van der Waals surface area contributed by atoms with E-state index in [0.29, 0.717) is 12.1 Å². The Labute approximate surface area is 140 Å². The first-order valence-electron chi connectivity index (χ1n) is 9.74. The quantitative estimate of drug-likeness (QED) is 0.900. The van der Waals surface area contributed by atoms with E-state index >= 15 is 0 Å². The van der Waals surface area contributed by atoms with E-state index in [4.69, 9.17) is 4.74 Å².